The lowest BCUT2D eigenvalue weighted by molar-refractivity contribution is -0.117. The van der Waals surface area contributed by atoms with E-state index in [2.05, 4.69) is 5.32 Å². The number of hydrogen-bond donors (Lipinski definition) is 2. The van der Waals surface area contributed by atoms with Gasteiger partial charge in [0, 0.05) is 11.9 Å². The Kier molecular flexibility index (Phi) is 4.86. The predicted octanol–water partition coefficient (Wildman–Crippen LogP) is 0.696. The van der Waals surface area contributed by atoms with Crippen molar-refractivity contribution < 1.29 is 13.2 Å². The second kappa shape index (κ2) is 5.97. The fraction of sp³-hybridized carbons (Fsp3) is 0.417. The third-order valence-corrected chi connectivity index (χ3v) is 3.43. The number of aryl methyl sites for hydroxylation is 1. The van der Waals surface area contributed by atoms with Crippen LogP contribution in [0.1, 0.15) is 12.0 Å². The van der Waals surface area contributed by atoms with Crippen LogP contribution in [0.2, 0.25) is 0 Å². The van der Waals surface area contributed by atoms with Gasteiger partial charge in [0.2, 0.25) is 5.91 Å². The van der Waals surface area contributed by atoms with Crippen LogP contribution in [0, 0.1) is 6.92 Å². The van der Waals surface area contributed by atoms with Gasteiger partial charge >= 0.3 is 0 Å². The molecule has 0 radical (unpaired) electrons. The third-order valence-electron chi connectivity index (χ3n) is 2.46. The summed E-state index contributed by atoms with van der Waals surface area (Å²) in [6.07, 6.45) is 1.24. The van der Waals surface area contributed by atoms with Crippen LogP contribution in [-0.2, 0) is 14.6 Å². The van der Waals surface area contributed by atoms with Gasteiger partial charge in [0.1, 0.15) is 9.84 Å². The Morgan fingerprint density at radius 1 is 1.33 bits per heavy atom. The Morgan fingerprint density at radius 3 is 2.39 bits per heavy atom. The van der Waals surface area contributed by atoms with Gasteiger partial charge in [-0.1, -0.05) is 17.7 Å². The first kappa shape index (κ1) is 14.7. The van der Waals surface area contributed by atoms with E-state index in [1.807, 2.05) is 19.1 Å². The molecule has 1 aromatic carbocycles. The average molecular weight is 270 g/mol. The molecule has 0 aromatic heterocycles. The monoisotopic (exact) mass is 270 g/mol. The highest BCUT2D eigenvalue weighted by Crippen LogP contribution is 2.09. The minimum atomic E-state index is -3.09. The molecule has 0 saturated heterocycles. The number of sulfone groups is 1. The highest BCUT2D eigenvalue weighted by atomic mass is 32.2. The molecule has 0 bridgehead atoms. The van der Waals surface area contributed by atoms with Crippen LogP contribution in [0.15, 0.2) is 24.3 Å². The number of rotatable bonds is 5. The quantitative estimate of drug-likeness (QED) is 0.824. The largest absolute Gasteiger partial charge is 0.325 e. The van der Waals surface area contributed by atoms with E-state index < -0.39 is 15.9 Å². The molecule has 6 heteroatoms. The number of carbonyl (C=O) groups is 1. The molecule has 1 amide bonds. The first-order chi connectivity index (χ1) is 8.28. The molecular formula is C12H18N2O3S. The van der Waals surface area contributed by atoms with Crippen molar-refractivity contribution in [2.45, 2.75) is 19.4 Å². The van der Waals surface area contributed by atoms with Crippen molar-refractivity contribution in [3.05, 3.63) is 29.8 Å². The number of anilines is 1. The lowest BCUT2D eigenvalue weighted by Gasteiger charge is -2.11. The Morgan fingerprint density at radius 2 is 1.89 bits per heavy atom. The van der Waals surface area contributed by atoms with Crippen LogP contribution in [0.4, 0.5) is 5.69 Å². The maximum atomic E-state index is 11.7. The molecule has 0 aliphatic rings. The Bertz CT molecular complexity index is 509. The lowest BCUT2D eigenvalue weighted by atomic mass is 10.2. The SMILES string of the molecule is Cc1ccc(NC(=O)C(N)CCS(C)(=O)=O)cc1. The van der Waals surface area contributed by atoms with Gasteiger partial charge in [-0.2, -0.15) is 0 Å². The number of hydrogen-bond acceptors (Lipinski definition) is 4. The van der Waals surface area contributed by atoms with E-state index in [4.69, 9.17) is 5.73 Å². The van der Waals surface area contributed by atoms with Gasteiger partial charge < -0.3 is 11.1 Å². The summed E-state index contributed by atoms with van der Waals surface area (Å²) < 4.78 is 21.9. The summed E-state index contributed by atoms with van der Waals surface area (Å²) in [7, 11) is -3.09. The maximum absolute atomic E-state index is 11.7. The minimum Gasteiger partial charge on any atom is -0.325 e. The average Bonchev–Trinajstić information content (AvgIpc) is 2.28. The second-order valence-corrected chi connectivity index (χ2v) is 6.64. The fourth-order valence-electron chi connectivity index (χ4n) is 1.34. The summed E-state index contributed by atoms with van der Waals surface area (Å²) >= 11 is 0. The van der Waals surface area contributed by atoms with Crippen molar-refractivity contribution in [3.63, 3.8) is 0 Å². The molecule has 1 rings (SSSR count). The summed E-state index contributed by atoms with van der Waals surface area (Å²) in [4.78, 5) is 11.7. The van der Waals surface area contributed by atoms with E-state index in [1.165, 1.54) is 0 Å². The molecule has 1 aromatic rings. The highest BCUT2D eigenvalue weighted by molar-refractivity contribution is 7.90. The highest BCUT2D eigenvalue weighted by Gasteiger charge is 2.15. The van der Waals surface area contributed by atoms with Crippen LogP contribution >= 0.6 is 0 Å². The number of carbonyl (C=O) groups excluding carboxylic acids is 1. The first-order valence-electron chi connectivity index (χ1n) is 5.59. The zero-order chi connectivity index (χ0) is 13.8. The van der Waals surface area contributed by atoms with Crippen molar-refractivity contribution in [1.82, 2.24) is 0 Å². The van der Waals surface area contributed by atoms with Gasteiger partial charge in [0.05, 0.1) is 11.8 Å². The van der Waals surface area contributed by atoms with E-state index in [9.17, 15) is 13.2 Å². The summed E-state index contributed by atoms with van der Waals surface area (Å²) in [6.45, 7) is 1.95. The first-order valence-corrected chi connectivity index (χ1v) is 7.65. The van der Waals surface area contributed by atoms with E-state index in [1.54, 1.807) is 12.1 Å². The topological polar surface area (TPSA) is 89.3 Å². The zero-order valence-electron chi connectivity index (χ0n) is 10.5. The second-order valence-electron chi connectivity index (χ2n) is 4.38. The Balaban J connectivity index is 2.52. The standard InChI is InChI=1S/C12H18N2O3S/c1-9-3-5-10(6-4-9)14-12(15)11(13)7-8-18(2,16)17/h3-6,11H,7-8,13H2,1-2H3,(H,14,15). The van der Waals surface area contributed by atoms with Gasteiger partial charge in [-0.3, -0.25) is 4.79 Å². The van der Waals surface area contributed by atoms with Crippen LogP contribution in [0.3, 0.4) is 0 Å². The number of nitrogens with two attached hydrogens (primary N) is 1. The van der Waals surface area contributed by atoms with Gasteiger partial charge in [-0.25, -0.2) is 8.42 Å². The summed E-state index contributed by atoms with van der Waals surface area (Å²) in [5.74, 6) is -0.460. The van der Waals surface area contributed by atoms with Gasteiger partial charge in [0.25, 0.3) is 0 Å². The van der Waals surface area contributed by atoms with Crippen molar-refractivity contribution in [3.8, 4) is 0 Å². The molecule has 1 atom stereocenters. The van der Waals surface area contributed by atoms with Crippen molar-refractivity contribution in [2.24, 2.45) is 5.73 Å². The molecule has 3 N–H and O–H groups in total. The molecule has 0 spiro atoms. The minimum absolute atomic E-state index is 0.0878. The van der Waals surface area contributed by atoms with Crippen LogP contribution in [0.25, 0.3) is 0 Å². The van der Waals surface area contributed by atoms with E-state index in [0.717, 1.165) is 11.8 Å². The van der Waals surface area contributed by atoms with E-state index in [0.29, 0.717) is 5.69 Å². The summed E-state index contributed by atoms with van der Waals surface area (Å²) in [5, 5.41) is 2.65. The fourth-order valence-corrected chi connectivity index (χ4v) is 2.03. The molecule has 5 nitrogen and oxygen atoms in total. The van der Waals surface area contributed by atoms with Crippen molar-refractivity contribution in [2.75, 3.05) is 17.3 Å². The number of amides is 1. The van der Waals surface area contributed by atoms with E-state index >= 15 is 0 Å². The molecule has 0 aliphatic heterocycles. The smallest absolute Gasteiger partial charge is 0.241 e. The van der Waals surface area contributed by atoms with Crippen LogP contribution < -0.4 is 11.1 Å². The maximum Gasteiger partial charge on any atom is 0.241 e. The molecule has 0 aliphatic carbocycles. The molecule has 0 saturated carbocycles. The van der Waals surface area contributed by atoms with Gasteiger partial charge in [-0.15, -0.1) is 0 Å². The molecule has 18 heavy (non-hydrogen) atoms. The summed E-state index contributed by atoms with van der Waals surface area (Å²) in [6, 6.07) is 6.48. The van der Waals surface area contributed by atoms with Crippen molar-refractivity contribution >= 4 is 21.4 Å². The molecular weight excluding hydrogens is 252 g/mol. The Hall–Kier alpha value is -1.40. The van der Waals surface area contributed by atoms with Gasteiger partial charge in [-0.05, 0) is 25.5 Å². The molecule has 100 valence electrons. The molecule has 0 fully saturated rings. The number of benzene rings is 1. The predicted molar refractivity (Wildman–Crippen MR) is 72.1 cm³/mol. The van der Waals surface area contributed by atoms with Gasteiger partial charge in [0.15, 0.2) is 0 Å². The molecule has 0 heterocycles. The van der Waals surface area contributed by atoms with E-state index in [-0.39, 0.29) is 18.1 Å². The Labute approximate surface area is 107 Å². The van der Waals surface area contributed by atoms with Crippen molar-refractivity contribution in [1.29, 1.82) is 0 Å². The lowest BCUT2D eigenvalue weighted by Crippen LogP contribution is -2.37. The van der Waals surface area contributed by atoms with Crippen LogP contribution in [-0.4, -0.2) is 32.4 Å². The molecule has 1 unspecified atom stereocenters. The normalized spacial score (nSPS) is 13.1. The number of nitrogens with one attached hydrogen (secondary N) is 1. The third kappa shape index (κ3) is 5.29. The zero-order valence-corrected chi connectivity index (χ0v) is 11.3. The summed E-state index contributed by atoms with van der Waals surface area (Å²) in [5.41, 5.74) is 7.37. The van der Waals surface area contributed by atoms with Crippen LogP contribution in [0.5, 0.6) is 0 Å².